The zero-order valence-corrected chi connectivity index (χ0v) is 12.8. The minimum Gasteiger partial charge on any atom is -0.371 e. The van der Waals surface area contributed by atoms with Gasteiger partial charge < -0.3 is 9.53 Å². The van der Waals surface area contributed by atoms with Crippen LogP contribution in [0.15, 0.2) is 60.7 Å². The molecule has 2 nitrogen and oxygen atoms in total. The van der Waals surface area contributed by atoms with Crippen molar-refractivity contribution in [3.63, 3.8) is 0 Å². The Bertz CT molecular complexity index is 550. The van der Waals surface area contributed by atoms with Gasteiger partial charge in [-0.1, -0.05) is 60.7 Å². The van der Waals surface area contributed by atoms with Gasteiger partial charge in [0.05, 0.1) is 11.7 Å². The van der Waals surface area contributed by atoms with E-state index in [1.807, 2.05) is 12.1 Å². The Labute approximate surface area is 132 Å². The molecule has 1 saturated heterocycles. The highest BCUT2D eigenvalue weighted by Gasteiger charge is 2.40. The van der Waals surface area contributed by atoms with Gasteiger partial charge >= 0.3 is 0 Å². The first-order chi connectivity index (χ1) is 10.8. The van der Waals surface area contributed by atoms with Crippen LogP contribution in [0.5, 0.6) is 0 Å². The summed E-state index contributed by atoms with van der Waals surface area (Å²) in [5.74, 6) is 0. The molecule has 1 atom stereocenters. The summed E-state index contributed by atoms with van der Waals surface area (Å²) in [5, 5.41) is 0. The maximum atomic E-state index is 10.8. The third-order valence-corrected chi connectivity index (χ3v) is 4.44. The van der Waals surface area contributed by atoms with Gasteiger partial charge in [0.25, 0.3) is 0 Å². The molecule has 0 aliphatic carbocycles. The molecule has 1 aliphatic heterocycles. The van der Waals surface area contributed by atoms with Gasteiger partial charge in [-0.25, -0.2) is 0 Å². The quantitative estimate of drug-likeness (QED) is 0.753. The Balaban J connectivity index is 1.81. The summed E-state index contributed by atoms with van der Waals surface area (Å²) in [6.07, 6.45) is 5.34. The van der Waals surface area contributed by atoms with E-state index in [4.69, 9.17) is 4.74 Å². The highest BCUT2D eigenvalue weighted by atomic mass is 16.5. The van der Waals surface area contributed by atoms with Crippen LogP contribution in [-0.4, -0.2) is 18.0 Å². The predicted molar refractivity (Wildman–Crippen MR) is 87.8 cm³/mol. The molecule has 22 heavy (non-hydrogen) atoms. The molecule has 0 aromatic heterocycles. The Kier molecular flexibility index (Phi) is 4.69. The zero-order valence-electron chi connectivity index (χ0n) is 12.8. The number of carbonyl (C=O) groups excluding carboxylic acids is 1. The Hall–Kier alpha value is -1.93. The van der Waals surface area contributed by atoms with Crippen LogP contribution in [0.4, 0.5) is 0 Å². The van der Waals surface area contributed by atoms with E-state index in [2.05, 4.69) is 48.5 Å². The summed E-state index contributed by atoms with van der Waals surface area (Å²) in [6.45, 7) is 0. The molecule has 1 aliphatic rings. The van der Waals surface area contributed by atoms with Crippen LogP contribution in [0.3, 0.4) is 0 Å². The third kappa shape index (κ3) is 3.63. The number of hydrogen-bond acceptors (Lipinski definition) is 2. The molecular weight excluding hydrogens is 272 g/mol. The molecule has 0 spiro atoms. The number of hydrogen-bond donors (Lipinski definition) is 0. The van der Waals surface area contributed by atoms with Crippen LogP contribution in [0.2, 0.25) is 0 Å². The van der Waals surface area contributed by atoms with Crippen molar-refractivity contribution in [2.24, 2.45) is 0 Å². The van der Waals surface area contributed by atoms with Gasteiger partial charge in [0.1, 0.15) is 6.29 Å². The largest absolute Gasteiger partial charge is 0.371 e. The molecule has 2 aromatic carbocycles. The molecule has 0 amide bonds. The predicted octanol–water partition coefficient (Wildman–Crippen LogP) is 3.98. The minimum absolute atomic E-state index is 0.0740. The highest BCUT2D eigenvalue weighted by Crippen LogP contribution is 2.37. The monoisotopic (exact) mass is 294 g/mol. The van der Waals surface area contributed by atoms with E-state index in [1.165, 1.54) is 11.1 Å². The first kappa shape index (κ1) is 15.0. The molecular formula is C20H22O2. The lowest BCUT2D eigenvalue weighted by molar-refractivity contribution is -0.112. The first-order valence-corrected chi connectivity index (χ1v) is 7.99. The molecule has 0 bridgehead atoms. The second-order valence-electron chi connectivity index (χ2n) is 6.19. The number of benzene rings is 2. The maximum Gasteiger partial charge on any atom is 0.122 e. The number of ether oxygens (including phenoxy) is 1. The van der Waals surface area contributed by atoms with Gasteiger partial charge in [-0.15, -0.1) is 0 Å². The van der Waals surface area contributed by atoms with Gasteiger partial charge in [-0.2, -0.15) is 0 Å². The number of rotatable bonds is 6. The zero-order chi connectivity index (χ0) is 15.3. The van der Waals surface area contributed by atoms with Crippen molar-refractivity contribution >= 4 is 6.29 Å². The lowest BCUT2D eigenvalue weighted by atomic mass is 9.85. The molecule has 1 fully saturated rings. The van der Waals surface area contributed by atoms with Crippen molar-refractivity contribution in [1.29, 1.82) is 0 Å². The fraction of sp³-hybridized carbons (Fsp3) is 0.350. The number of aldehydes is 1. The van der Waals surface area contributed by atoms with Crippen molar-refractivity contribution in [2.75, 3.05) is 0 Å². The standard InChI is InChI=1S/C20H22O2/c21-14-12-19-11-13-20(22-19,15-17-7-3-1-4-8-17)16-18-9-5-2-6-10-18/h1-10,14,19H,11-13,15-16H2. The van der Waals surface area contributed by atoms with Gasteiger partial charge in [-0.3, -0.25) is 0 Å². The molecule has 0 N–H and O–H groups in total. The van der Waals surface area contributed by atoms with Crippen molar-refractivity contribution in [1.82, 2.24) is 0 Å². The van der Waals surface area contributed by atoms with Gasteiger partial charge in [0.15, 0.2) is 0 Å². The summed E-state index contributed by atoms with van der Waals surface area (Å²) in [7, 11) is 0. The van der Waals surface area contributed by atoms with E-state index in [-0.39, 0.29) is 11.7 Å². The molecule has 0 saturated carbocycles. The molecule has 1 unspecified atom stereocenters. The van der Waals surface area contributed by atoms with Crippen molar-refractivity contribution in [3.05, 3.63) is 71.8 Å². The van der Waals surface area contributed by atoms with E-state index < -0.39 is 0 Å². The van der Waals surface area contributed by atoms with Crippen LogP contribution < -0.4 is 0 Å². The van der Waals surface area contributed by atoms with Crippen LogP contribution in [0.25, 0.3) is 0 Å². The van der Waals surface area contributed by atoms with Gasteiger partial charge in [-0.05, 0) is 24.0 Å². The Morgan fingerprint density at radius 2 is 1.50 bits per heavy atom. The molecule has 114 valence electrons. The Morgan fingerprint density at radius 1 is 0.955 bits per heavy atom. The lowest BCUT2D eigenvalue weighted by Crippen LogP contribution is -2.34. The number of carbonyl (C=O) groups is 1. The summed E-state index contributed by atoms with van der Waals surface area (Å²) in [5.41, 5.74) is 2.41. The first-order valence-electron chi connectivity index (χ1n) is 7.99. The Morgan fingerprint density at radius 3 is 2.00 bits per heavy atom. The van der Waals surface area contributed by atoms with Crippen molar-refractivity contribution in [2.45, 2.75) is 43.8 Å². The molecule has 0 radical (unpaired) electrons. The SMILES string of the molecule is O=CCC1CCC(Cc2ccccc2)(Cc2ccccc2)O1. The van der Waals surface area contributed by atoms with Gasteiger partial charge in [0.2, 0.25) is 0 Å². The smallest absolute Gasteiger partial charge is 0.122 e. The van der Waals surface area contributed by atoms with Crippen LogP contribution in [0.1, 0.15) is 30.4 Å². The molecule has 2 aromatic rings. The molecule has 3 rings (SSSR count). The van der Waals surface area contributed by atoms with Crippen molar-refractivity contribution in [3.8, 4) is 0 Å². The van der Waals surface area contributed by atoms with Gasteiger partial charge in [0, 0.05) is 19.3 Å². The van der Waals surface area contributed by atoms with E-state index in [1.54, 1.807) is 0 Å². The normalized spacial score (nSPS) is 19.9. The summed E-state index contributed by atoms with van der Waals surface area (Å²) in [4.78, 5) is 10.8. The fourth-order valence-electron chi connectivity index (χ4n) is 3.43. The summed E-state index contributed by atoms with van der Waals surface area (Å²) in [6, 6.07) is 21.0. The average Bonchev–Trinajstić information content (AvgIpc) is 2.92. The second-order valence-corrected chi connectivity index (χ2v) is 6.19. The van der Waals surface area contributed by atoms with E-state index in [0.29, 0.717) is 6.42 Å². The highest BCUT2D eigenvalue weighted by molar-refractivity contribution is 5.50. The van der Waals surface area contributed by atoms with Crippen molar-refractivity contribution < 1.29 is 9.53 Å². The molecule has 1 heterocycles. The topological polar surface area (TPSA) is 26.3 Å². The van der Waals surface area contributed by atoms with Crippen LogP contribution in [-0.2, 0) is 22.4 Å². The van der Waals surface area contributed by atoms with E-state index in [9.17, 15) is 4.79 Å². The van der Waals surface area contributed by atoms with Crippen LogP contribution in [0, 0.1) is 0 Å². The summed E-state index contributed by atoms with van der Waals surface area (Å²) >= 11 is 0. The second kappa shape index (κ2) is 6.89. The fourth-order valence-corrected chi connectivity index (χ4v) is 3.43. The van der Waals surface area contributed by atoms with E-state index in [0.717, 1.165) is 32.0 Å². The summed E-state index contributed by atoms with van der Waals surface area (Å²) < 4.78 is 6.37. The minimum atomic E-state index is -0.184. The average molecular weight is 294 g/mol. The third-order valence-electron chi connectivity index (χ3n) is 4.44. The lowest BCUT2D eigenvalue weighted by Gasteiger charge is -2.30. The molecule has 2 heteroatoms. The maximum absolute atomic E-state index is 10.8. The van der Waals surface area contributed by atoms with Crippen LogP contribution >= 0.6 is 0 Å². The van der Waals surface area contributed by atoms with E-state index >= 15 is 0 Å².